The van der Waals surface area contributed by atoms with Crippen LogP contribution in [0.25, 0.3) is 0 Å². The van der Waals surface area contributed by atoms with Gasteiger partial charge in [-0.3, -0.25) is 13.9 Å². The lowest BCUT2D eigenvalue weighted by molar-refractivity contribution is -0.140. The molecule has 0 aromatic heterocycles. The lowest BCUT2D eigenvalue weighted by atomic mass is 10.0. The summed E-state index contributed by atoms with van der Waals surface area (Å²) in [6.45, 7) is 5.61. The third-order valence-electron chi connectivity index (χ3n) is 7.71. The summed E-state index contributed by atoms with van der Waals surface area (Å²) in [6.07, 6.45) is 2.06. The van der Waals surface area contributed by atoms with Crippen LogP contribution in [-0.2, 0) is 32.6 Å². The van der Waals surface area contributed by atoms with Crippen LogP contribution in [-0.4, -0.2) is 57.1 Å². The summed E-state index contributed by atoms with van der Waals surface area (Å²) in [5.41, 5.74) is 1.44. The molecule has 4 aromatic carbocycles. The van der Waals surface area contributed by atoms with E-state index in [0.29, 0.717) is 27.9 Å². The Bertz CT molecular complexity index is 1800. The first-order valence-electron chi connectivity index (χ1n) is 15.9. The average Bonchev–Trinajstić information content (AvgIpc) is 3.09. The molecule has 0 aliphatic carbocycles. The van der Waals surface area contributed by atoms with Gasteiger partial charge in [0.15, 0.2) is 0 Å². The molecular weight excluding hydrogens is 701 g/mol. The van der Waals surface area contributed by atoms with Gasteiger partial charge in [-0.15, -0.1) is 11.8 Å². The molecule has 4 rings (SSSR count). The van der Waals surface area contributed by atoms with Crippen LogP contribution in [0.2, 0.25) is 10.0 Å². The van der Waals surface area contributed by atoms with E-state index in [1.165, 1.54) is 28.8 Å². The highest BCUT2D eigenvalue weighted by molar-refractivity contribution is 7.98. The van der Waals surface area contributed by atoms with Crippen LogP contribution in [0.4, 0.5) is 5.69 Å². The summed E-state index contributed by atoms with van der Waals surface area (Å²) in [4.78, 5) is 31.1. The number of ether oxygens (including phenoxy) is 1. The standard InChI is InChI=1S/C37H41Cl2N3O5S2/c1-5-47-35-17-10-9-16-33(35)42(49(45,46)29-20-18-28(48-4)19-21-29)25-36(43)41(24-30-31(38)14-11-15-32(30)39)34(37(44)40-23-26(2)3)22-27-12-7-6-8-13-27/h6-21,26,34H,5,22-25H2,1-4H3,(H,40,44). The van der Waals surface area contributed by atoms with E-state index >= 15 is 0 Å². The maximum Gasteiger partial charge on any atom is 0.264 e. The predicted octanol–water partition coefficient (Wildman–Crippen LogP) is 7.72. The van der Waals surface area contributed by atoms with Crippen molar-refractivity contribution in [2.75, 3.05) is 30.3 Å². The molecule has 0 bridgehead atoms. The third kappa shape index (κ3) is 9.94. The van der Waals surface area contributed by atoms with E-state index in [0.717, 1.165) is 14.8 Å². The van der Waals surface area contributed by atoms with Crippen molar-refractivity contribution in [3.8, 4) is 5.75 Å². The predicted molar refractivity (Wildman–Crippen MR) is 199 cm³/mol. The van der Waals surface area contributed by atoms with Gasteiger partial charge >= 0.3 is 0 Å². The smallest absolute Gasteiger partial charge is 0.264 e. The van der Waals surface area contributed by atoms with E-state index in [1.54, 1.807) is 61.5 Å². The third-order valence-corrected chi connectivity index (χ3v) is 10.9. The molecule has 260 valence electrons. The van der Waals surface area contributed by atoms with Gasteiger partial charge in [-0.1, -0.05) is 85.6 Å². The van der Waals surface area contributed by atoms with E-state index < -0.39 is 28.5 Å². The highest BCUT2D eigenvalue weighted by Crippen LogP contribution is 2.34. The van der Waals surface area contributed by atoms with E-state index in [9.17, 15) is 18.0 Å². The van der Waals surface area contributed by atoms with Crippen molar-refractivity contribution in [3.63, 3.8) is 0 Å². The van der Waals surface area contributed by atoms with Gasteiger partial charge in [-0.25, -0.2) is 8.42 Å². The number of halogens is 2. The number of benzene rings is 4. The van der Waals surface area contributed by atoms with Crippen molar-refractivity contribution >= 4 is 62.5 Å². The van der Waals surface area contributed by atoms with Crippen molar-refractivity contribution in [3.05, 3.63) is 118 Å². The molecule has 49 heavy (non-hydrogen) atoms. The fourth-order valence-electron chi connectivity index (χ4n) is 5.16. The number of hydrogen-bond donors (Lipinski definition) is 1. The molecule has 0 aliphatic heterocycles. The number of nitrogens with one attached hydrogen (secondary N) is 1. The van der Waals surface area contributed by atoms with Gasteiger partial charge < -0.3 is 15.0 Å². The molecular formula is C37H41Cl2N3O5S2. The Hall–Kier alpha value is -3.70. The molecule has 0 radical (unpaired) electrons. The maximum atomic E-state index is 14.8. The van der Waals surface area contributed by atoms with Crippen molar-refractivity contribution in [1.82, 2.24) is 10.2 Å². The fraction of sp³-hybridized carbons (Fsp3) is 0.297. The molecule has 0 spiro atoms. The first kappa shape index (κ1) is 38.1. The van der Waals surface area contributed by atoms with Gasteiger partial charge in [0.2, 0.25) is 11.8 Å². The number of sulfonamides is 1. The summed E-state index contributed by atoms with van der Waals surface area (Å²) in [5, 5.41) is 3.60. The molecule has 0 heterocycles. The first-order valence-corrected chi connectivity index (χ1v) is 19.3. The van der Waals surface area contributed by atoms with E-state index in [4.69, 9.17) is 27.9 Å². The Morgan fingerprint density at radius 1 is 0.878 bits per heavy atom. The second-order valence-corrected chi connectivity index (χ2v) is 15.2. The summed E-state index contributed by atoms with van der Waals surface area (Å²) in [6, 6.07) is 26.4. The summed E-state index contributed by atoms with van der Waals surface area (Å²) in [5.74, 6) is -0.576. The van der Waals surface area contributed by atoms with Gasteiger partial charge in [0.05, 0.1) is 17.2 Å². The molecule has 1 unspecified atom stereocenters. The molecule has 4 aromatic rings. The minimum atomic E-state index is -4.32. The zero-order chi connectivity index (χ0) is 35.6. The van der Waals surface area contributed by atoms with E-state index in [-0.39, 0.29) is 42.0 Å². The van der Waals surface area contributed by atoms with Crippen molar-refractivity contribution in [1.29, 1.82) is 0 Å². The Kier molecular flexibility index (Phi) is 13.8. The molecule has 12 heteroatoms. The molecule has 1 atom stereocenters. The number of para-hydroxylation sites is 2. The number of anilines is 1. The van der Waals surface area contributed by atoms with Gasteiger partial charge in [0.1, 0.15) is 18.3 Å². The van der Waals surface area contributed by atoms with Crippen LogP contribution >= 0.6 is 35.0 Å². The van der Waals surface area contributed by atoms with Gasteiger partial charge in [0, 0.05) is 40.0 Å². The lowest BCUT2D eigenvalue weighted by Crippen LogP contribution is -2.53. The summed E-state index contributed by atoms with van der Waals surface area (Å²) >= 11 is 14.7. The number of thioether (sulfide) groups is 1. The normalized spacial score (nSPS) is 12.0. The Balaban J connectivity index is 1.87. The first-order chi connectivity index (χ1) is 23.5. The summed E-state index contributed by atoms with van der Waals surface area (Å²) in [7, 11) is -4.32. The molecule has 8 nitrogen and oxygen atoms in total. The number of hydrogen-bond acceptors (Lipinski definition) is 6. The van der Waals surface area contributed by atoms with E-state index in [1.807, 2.05) is 50.4 Å². The Morgan fingerprint density at radius 3 is 2.12 bits per heavy atom. The minimum Gasteiger partial charge on any atom is -0.492 e. The largest absolute Gasteiger partial charge is 0.492 e. The van der Waals surface area contributed by atoms with Gasteiger partial charge in [-0.2, -0.15) is 0 Å². The number of rotatable bonds is 16. The van der Waals surface area contributed by atoms with Crippen molar-refractivity contribution in [2.45, 2.75) is 49.6 Å². The maximum absolute atomic E-state index is 14.8. The number of amides is 2. The monoisotopic (exact) mass is 741 g/mol. The highest BCUT2D eigenvalue weighted by Gasteiger charge is 2.36. The van der Waals surface area contributed by atoms with Crippen molar-refractivity contribution in [2.24, 2.45) is 5.92 Å². The lowest BCUT2D eigenvalue weighted by Gasteiger charge is -2.34. The second-order valence-electron chi connectivity index (χ2n) is 11.7. The highest BCUT2D eigenvalue weighted by atomic mass is 35.5. The van der Waals surface area contributed by atoms with E-state index in [2.05, 4.69) is 5.32 Å². The molecule has 0 fully saturated rings. The van der Waals surface area contributed by atoms with Crippen LogP contribution in [0.5, 0.6) is 5.75 Å². The van der Waals surface area contributed by atoms with Crippen LogP contribution in [0.1, 0.15) is 31.9 Å². The number of carbonyl (C=O) groups excluding carboxylic acids is 2. The summed E-state index contributed by atoms with van der Waals surface area (Å²) < 4.78 is 35.8. The number of carbonyl (C=O) groups is 2. The zero-order valence-electron chi connectivity index (χ0n) is 27.9. The Labute approximate surface area is 303 Å². The zero-order valence-corrected chi connectivity index (χ0v) is 31.1. The molecule has 2 amide bonds. The molecule has 0 saturated carbocycles. The average molecular weight is 743 g/mol. The SMILES string of the molecule is CCOc1ccccc1N(CC(=O)N(Cc1c(Cl)cccc1Cl)C(Cc1ccccc1)C(=O)NCC(C)C)S(=O)(=O)c1ccc(SC)cc1. The quantitative estimate of drug-likeness (QED) is 0.118. The second kappa shape index (κ2) is 17.8. The molecule has 0 saturated heterocycles. The van der Waals surface area contributed by atoms with Gasteiger partial charge in [0.25, 0.3) is 10.0 Å². The van der Waals surface area contributed by atoms with Crippen LogP contribution in [0.15, 0.2) is 107 Å². The fourth-order valence-corrected chi connectivity index (χ4v) is 7.51. The minimum absolute atomic E-state index is 0.000566. The number of nitrogens with zero attached hydrogens (tertiary/aromatic N) is 2. The molecule has 1 N–H and O–H groups in total. The van der Waals surface area contributed by atoms with Gasteiger partial charge in [-0.05, 0) is 73.2 Å². The van der Waals surface area contributed by atoms with Crippen molar-refractivity contribution < 1.29 is 22.7 Å². The topological polar surface area (TPSA) is 96.0 Å². The van der Waals surface area contributed by atoms with Crippen LogP contribution in [0, 0.1) is 5.92 Å². The van der Waals surface area contributed by atoms with Crippen LogP contribution in [0.3, 0.4) is 0 Å². The Morgan fingerprint density at radius 2 is 1.51 bits per heavy atom. The van der Waals surface area contributed by atoms with Crippen LogP contribution < -0.4 is 14.4 Å². The molecule has 0 aliphatic rings.